The van der Waals surface area contributed by atoms with Crippen LogP contribution in [-0.2, 0) is 0 Å². The number of hydrogen-bond acceptors (Lipinski definition) is 6. The van der Waals surface area contributed by atoms with Crippen LogP contribution in [0.15, 0.2) is 54.6 Å². The van der Waals surface area contributed by atoms with Gasteiger partial charge < -0.3 is 4.74 Å². The van der Waals surface area contributed by atoms with Gasteiger partial charge >= 0.3 is 0 Å². The Labute approximate surface area is 200 Å². The number of carbonyl (C=O) groups is 3. The fourth-order valence-electron chi connectivity index (χ4n) is 3.96. The van der Waals surface area contributed by atoms with Crippen molar-refractivity contribution in [1.82, 2.24) is 4.98 Å². The Morgan fingerprint density at radius 3 is 2.62 bits per heavy atom. The van der Waals surface area contributed by atoms with E-state index in [1.54, 1.807) is 12.1 Å². The van der Waals surface area contributed by atoms with Crippen molar-refractivity contribution < 1.29 is 19.1 Å². The second-order valence-corrected chi connectivity index (χ2v) is 8.99. The van der Waals surface area contributed by atoms with Gasteiger partial charge in [0.15, 0.2) is 5.13 Å². The molecule has 0 atom stereocenters. The third-order valence-corrected chi connectivity index (χ3v) is 6.79. The molecule has 0 bridgehead atoms. The highest BCUT2D eigenvalue weighted by Gasteiger charge is 2.38. The van der Waals surface area contributed by atoms with Crippen LogP contribution in [0.1, 0.15) is 49.1 Å². The highest BCUT2D eigenvalue weighted by atomic mass is 32.1. The van der Waals surface area contributed by atoms with Crippen LogP contribution in [0.5, 0.6) is 5.75 Å². The maximum absolute atomic E-state index is 13.2. The first-order valence-corrected chi connectivity index (χ1v) is 11.6. The molecule has 0 radical (unpaired) electrons. The number of aromatic nitrogens is 1. The van der Waals surface area contributed by atoms with Crippen LogP contribution in [0.25, 0.3) is 10.2 Å². The molecule has 1 N–H and O–H groups in total. The number of carbonyl (C=O) groups excluding carboxylic acids is 3. The summed E-state index contributed by atoms with van der Waals surface area (Å²) in [5.41, 5.74) is 3.92. The van der Waals surface area contributed by atoms with E-state index in [9.17, 15) is 14.4 Å². The van der Waals surface area contributed by atoms with E-state index in [-0.39, 0.29) is 16.7 Å². The summed E-state index contributed by atoms with van der Waals surface area (Å²) in [5, 5.41) is 3.23. The fraction of sp³-hybridized carbons (Fsp3) is 0.154. The lowest BCUT2D eigenvalue weighted by Crippen LogP contribution is -2.30. The predicted molar refractivity (Wildman–Crippen MR) is 132 cm³/mol. The Kier molecular flexibility index (Phi) is 5.37. The molecule has 1 aromatic heterocycles. The number of aryl methyl sites for hydroxylation is 1. The minimum Gasteiger partial charge on any atom is -0.494 e. The molecule has 0 saturated carbocycles. The van der Waals surface area contributed by atoms with Crippen molar-refractivity contribution in [2.45, 2.75) is 20.8 Å². The molecule has 34 heavy (non-hydrogen) atoms. The number of rotatable bonds is 5. The number of fused-ring (bicyclic) bond motifs is 2. The van der Waals surface area contributed by atoms with E-state index in [2.05, 4.69) is 10.3 Å². The summed E-state index contributed by atoms with van der Waals surface area (Å²) in [6, 6.07) is 15.6. The smallest absolute Gasteiger partial charge is 0.266 e. The number of ether oxygens (including phenoxy) is 1. The van der Waals surface area contributed by atoms with Crippen LogP contribution in [0.4, 0.5) is 10.8 Å². The van der Waals surface area contributed by atoms with Gasteiger partial charge in [0.2, 0.25) is 0 Å². The number of thiazole rings is 1. The summed E-state index contributed by atoms with van der Waals surface area (Å²) in [4.78, 5) is 44.7. The SMILES string of the molecule is CCOc1ccc2nc(NC(=O)c3ccc4c(c3)C(=O)N(c3cccc(C)c3C)C4=O)sc2c1. The lowest BCUT2D eigenvalue weighted by Gasteiger charge is -2.17. The Morgan fingerprint density at radius 2 is 1.82 bits per heavy atom. The maximum Gasteiger partial charge on any atom is 0.266 e. The largest absolute Gasteiger partial charge is 0.494 e. The number of nitrogens with zero attached hydrogens (tertiary/aromatic N) is 2. The third-order valence-electron chi connectivity index (χ3n) is 5.86. The maximum atomic E-state index is 13.2. The minimum atomic E-state index is -0.438. The van der Waals surface area contributed by atoms with Gasteiger partial charge in [0.05, 0.1) is 33.6 Å². The molecule has 5 rings (SSSR count). The monoisotopic (exact) mass is 471 g/mol. The third kappa shape index (κ3) is 3.62. The minimum absolute atomic E-state index is 0.212. The van der Waals surface area contributed by atoms with Gasteiger partial charge in [-0.15, -0.1) is 0 Å². The van der Waals surface area contributed by atoms with E-state index in [0.29, 0.717) is 17.4 Å². The highest BCUT2D eigenvalue weighted by Crippen LogP contribution is 2.33. The van der Waals surface area contributed by atoms with Gasteiger partial charge in [-0.25, -0.2) is 9.88 Å². The van der Waals surface area contributed by atoms with Gasteiger partial charge in [-0.1, -0.05) is 23.5 Å². The van der Waals surface area contributed by atoms with Crippen LogP contribution < -0.4 is 15.0 Å². The van der Waals surface area contributed by atoms with Crippen molar-refractivity contribution >= 4 is 50.1 Å². The molecule has 0 spiro atoms. The van der Waals surface area contributed by atoms with Gasteiger partial charge in [0.25, 0.3) is 17.7 Å². The average molecular weight is 472 g/mol. The molecule has 7 nitrogen and oxygen atoms in total. The Bertz CT molecular complexity index is 1490. The number of amides is 3. The summed E-state index contributed by atoms with van der Waals surface area (Å²) < 4.78 is 6.41. The summed E-state index contributed by atoms with van der Waals surface area (Å²) in [7, 11) is 0. The normalized spacial score (nSPS) is 12.9. The second-order valence-electron chi connectivity index (χ2n) is 7.96. The summed E-state index contributed by atoms with van der Waals surface area (Å²) in [5.74, 6) is -0.493. The van der Waals surface area contributed by atoms with Crippen molar-refractivity contribution in [3.8, 4) is 5.75 Å². The Morgan fingerprint density at radius 1 is 1.03 bits per heavy atom. The molecular weight excluding hydrogens is 450 g/mol. The Balaban J connectivity index is 1.41. The molecule has 1 aliphatic rings. The van der Waals surface area contributed by atoms with Crippen LogP contribution in [0.3, 0.4) is 0 Å². The number of imide groups is 1. The van der Waals surface area contributed by atoms with E-state index in [1.165, 1.54) is 28.4 Å². The zero-order chi connectivity index (χ0) is 24.0. The van der Waals surface area contributed by atoms with Gasteiger partial charge in [0, 0.05) is 5.56 Å². The van der Waals surface area contributed by atoms with Crippen molar-refractivity contribution in [3.05, 3.63) is 82.4 Å². The van der Waals surface area contributed by atoms with Crippen LogP contribution in [0.2, 0.25) is 0 Å². The standard InChI is InChI=1S/C26H21N3O4S/c1-4-33-17-9-11-20-22(13-17)34-26(27-20)28-23(30)16-8-10-18-19(12-16)25(32)29(24(18)31)21-7-5-6-14(2)15(21)3/h5-13H,4H2,1-3H3,(H,27,28,30). The van der Waals surface area contributed by atoms with Crippen molar-refractivity contribution in [1.29, 1.82) is 0 Å². The molecule has 3 aromatic carbocycles. The van der Waals surface area contributed by atoms with Gasteiger partial charge in [-0.05, 0) is 74.4 Å². The molecule has 4 aromatic rings. The molecular formula is C26H21N3O4S. The zero-order valence-corrected chi connectivity index (χ0v) is 19.7. The fourth-order valence-corrected chi connectivity index (χ4v) is 4.85. The molecule has 0 aliphatic carbocycles. The highest BCUT2D eigenvalue weighted by molar-refractivity contribution is 7.22. The second kappa shape index (κ2) is 8.39. The van der Waals surface area contributed by atoms with Crippen LogP contribution in [0, 0.1) is 13.8 Å². The van der Waals surface area contributed by atoms with Crippen molar-refractivity contribution in [2.24, 2.45) is 0 Å². The lowest BCUT2D eigenvalue weighted by atomic mass is 10.1. The molecule has 0 saturated heterocycles. The molecule has 0 unspecified atom stereocenters. The van der Waals surface area contributed by atoms with Gasteiger partial charge in [-0.2, -0.15) is 0 Å². The van der Waals surface area contributed by atoms with Crippen LogP contribution in [-0.4, -0.2) is 29.3 Å². The molecule has 3 amide bonds. The summed E-state index contributed by atoms with van der Waals surface area (Å²) >= 11 is 1.33. The van der Waals surface area contributed by atoms with E-state index in [4.69, 9.17) is 4.74 Å². The van der Waals surface area contributed by atoms with Gasteiger partial charge in [0.1, 0.15) is 5.75 Å². The topological polar surface area (TPSA) is 88.6 Å². The number of anilines is 2. The van der Waals surface area contributed by atoms with Crippen molar-refractivity contribution in [3.63, 3.8) is 0 Å². The molecule has 8 heteroatoms. The average Bonchev–Trinajstić information content (AvgIpc) is 3.33. The number of benzene rings is 3. The van der Waals surface area contributed by atoms with E-state index in [1.807, 2.05) is 51.1 Å². The number of hydrogen-bond donors (Lipinski definition) is 1. The molecule has 2 heterocycles. The quantitative estimate of drug-likeness (QED) is 0.396. The molecule has 0 fully saturated rings. The first-order chi connectivity index (χ1) is 16.4. The zero-order valence-electron chi connectivity index (χ0n) is 18.8. The molecule has 170 valence electrons. The van der Waals surface area contributed by atoms with E-state index in [0.717, 1.165) is 27.1 Å². The Hall–Kier alpha value is -4.04. The van der Waals surface area contributed by atoms with E-state index < -0.39 is 17.7 Å². The first-order valence-electron chi connectivity index (χ1n) is 10.8. The van der Waals surface area contributed by atoms with E-state index >= 15 is 0 Å². The summed E-state index contributed by atoms with van der Waals surface area (Å²) in [6.07, 6.45) is 0. The van der Waals surface area contributed by atoms with Crippen LogP contribution >= 0.6 is 11.3 Å². The predicted octanol–water partition coefficient (Wildman–Crippen LogP) is 5.36. The van der Waals surface area contributed by atoms with Crippen molar-refractivity contribution in [2.75, 3.05) is 16.8 Å². The first kappa shape index (κ1) is 21.8. The lowest BCUT2D eigenvalue weighted by molar-refractivity contribution is 0.0925. The van der Waals surface area contributed by atoms with Gasteiger partial charge in [-0.3, -0.25) is 19.7 Å². The number of nitrogens with one attached hydrogen (secondary N) is 1. The molecule has 1 aliphatic heterocycles. The summed E-state index contributed by atoms with van der Waals surface area (Å²) in [6.45, 7) is 6.29.